The number of aliphatic hydroxyl groups is 2. The lowest BCUT2D eigenvalue weighted by Gasteiger charge is -2.35. The van der Waals surface area contributed by atoms with Crippen molar-refractivity contribution in [3.63, 3.8) is 0 Å². The highest BCUT2D eigenvalue weighted by molar-refractivity contribution is 7.92. The first kappa shape index (κ1) is 25.2. The van der Waals surface area contributed by atoms with E-state index >= 15 is 0 Å². The molecule has 0 bridgehead atoms. The van der Waals surface area contributed by atoms with Gasteiger partial charge < -0.3 is 25.0 Å². The molecule has 0 radical (unpaired) electrons. The van der Waals surface area contributed by atoms with Crippen LogP contribution >= 0.6 is 0 Å². The molecule has 2 aromatic carbocycles. The Labute approximate surface area is 222 Å². The summed E-state index contributed by atoms with van der Waals surface area (Å²) in [7, 11) is -3.69. The van der Waals surface area contributed by atoms with Crippen LogP contribution in [0.5, 0.6) is 0 Å². The van der Waals surface area contributed by atoms with Crippen LogP contribution in [0.15, 0.2) is 42.5 Å². The molecule has 1 saturated carbocycles. The van der Waals surface area contributed by atoms with E-state index in [0.29, 0.717) is 28.0 Å². The van der Waals surface area contributed by atoms with E-state index in [-0.39, 0.29) is 5.91 Å². The van der Waals surface area contributed by atoms with Gasteiger partial charge in [0.25, 0.3) is 5.91 Å². The minimum Gasteiger partial charge on any atom is -0.395 e. The molecule has 2 fully saturated rings. The average Bonchev–Trinajstić information content (AvgIpc) is 3.52. The molecule has 3 aliphatic rings. The van der Waals surface area contributed by atoms with Gasteiger partial charge in [0, 0.05) is 30.7 Å². The first-order chi connectivity index (χ1) is 18.3. The lowest BCUT2D eigenvalue weighted by atomic mass is 9.93. The van der Waals surface area contributed by atoms with E-state index in [9.17, 15) is 18.3 Å². The van der Waals surface area contributed by atoms with Gasteiger partial charge in [0.1, 0.15) is 0 Å². The Balaban J connectivity index is 1.32. The summed E-state index contributed by atoms with van der Waals surface area (Å²) in [6.45, 7) is 1.99. The van der Waals surface area contributed by atoms with E-state index < -0.39 is 28.5 Å². The fourth-order valence-electron chi connectivity index (χ4n) is 6.02. The van der Waals surface area contributed by atoms with E-state index in [1.54, 1.807) is 18.2 Å². The molecule has 3 aromatic rings. The van der Waals surface area contributed by atoms with Crippen LogP contribution in [0.25, 0.3) is 10.9 Å². The van der Waals surface area contributed by atoms with Crippen molar-refractivity contribution in [2.75, 3.05) is 40.4 Å². The SMILES string of the molecule is O=C(Nc1cccc2c1cc1n2CCCC1O)c1ccc(NS(=O)(=O)CCO)cc1N1CCC2(CC1)CC2. The van der Waals surface area contributed by atoms with Crippen LogP contribution in [-0.2, 0) is 16.6 Å². The fraction of sp³-hybridized carbons (Fsp3) is 0.464. The predicted molar refractivity (Wildman–Crippen MR) is 148 cm³/mol. The number of benzene rings is 2. The minimum atomic E-state index is -3.69. The predicted octanol–water partition coefficient (Wildman–Crippen LogP) is 3.84. The summed E-state index contributed by atoms with van der Waals surface area (Å²) in [6.07, 6.45) is 5.77. The largest absolute Gasteiger partial charge is 0.395 e. The van der Waals surface area contributed by atoms with E-state index in [1.165, 1.54) is 12.8 Å². The Morgan fingerprint density at radius 2 is 1.84 bits per heavy atom. The Bertz CT molecular complexity index is 1480. The van der Waals surface area contributed by atoms with E-state index in [1.807, 2.05) is 24.3 Å². The summed E-state index contributed by atoms with van der Waals surface area (Å²) >= 11 is 0. The summed E-state index contributed by atoms with van der Waals surface area (Å²) < 4.78 is 29.2. The molecule has 1 unspecified atom stereocenters. The van der Waals surface area contributed by atoms with Gasteiger partial charge in [-0.05, 0) is 80.3 Å². The van der Waals surface area contributed by atoms with Gasteiger partial charge in [-0.2, -0.15) is 0 Å². The number of carbonyl (C=O) groups is 1. The fourth-order valence-corrected chi connectivity index (χ4v) is 6.85. The third-order valence-electron chi connectivity index (χ3n) is 8.42. The van der Waals surface area contributed by atoms with Gasteiger partial charge in [-0.3, -0.25) is 9.52 Å². The van der Waals surface area contributed by atoms with E-state index in [0.717, 1.165) is 61.9 Å². The molecule has 2 aliphatic heterocycles. The standard InChI is InChI=1S/C28H34N4O5S/c33-15-16-38(36,37)30-19-6-7-20(24(17-19)31-13-10-28(8-9-28)11-14-31)27(35)29-22-3-1-4-23-21(22)18-25-26(34)5-2-12-32(23)25/h1,3-4,6-7,17-18,26,30,33-34H,2,5,8-16H2,(H,29,35). The molecule has 38 heavy (non-hydrogen) atoms. The molecule has 1 spiro atoms. The van der Waals surface area contributed by atoms with Gasteiger partial charge in [-0.15, -0.1) is 0 Å². The molecule has 1 atom stereocenters. The van der Waals surface area contributed by atoms with Gasteiger partial charge in [-0.1, -0.05) is 6.07 Å². The molecule has 1 aliphatic carbocycles. The quantitative estimate of drug-likeness (QED) is 0.363. The summed E-state index contributed by atoms with van der Waals surface area (Å²) in [5, 5.41) is 23.6. The Morgan fingerprint density at radius 3 is 2.58 bits per heavy atom. The minimum absolute atomic E-state index is 0.270. The lowest BCUT2D eigenvalue weighted by molar-refractivity contribution is 0.102. The third-order valence-corrected chi connectivity index (χ3v) is 9.69. The lowest BCUT2D eigenvalue weighted by Crippen LogP contribution is -2.35. The molecule has 3 heterocycles. The number of sulfonamides is 1. The molecule has 202 valence electrons. The highest BCUT2D eigenvalue weighted by atomic mass is 32.2. The first-order valence-corrected chi connectivity index (χ1v) is 15.0. The number of nitrogens with zero attached hydrogens (tertiary/aromatic N) is 2. The summed E-state index contributed by atoms with van der Waals surface area (Å²) in [4.78, 5) is 15.9. The van der Waals surface area contributed by atoms with Crippen LogP contribution in [0.2, 0.25) is 0 Å². The Morgan fingerprint density at radius 1 is 1.05 bits per heavy atom. The van der Waals surface area contributed by atoms with Crippen molar-refractivity contribution in [3.05, 3.63) is 53.7 Å². The Kier molecular flexibility index (Phi) is 6.36. The van der Waals surface area contributed by atoms with Gasteiger partial charge >= 0.3 is 0 Å². The molecule has 4 N–H and O–H groups in total. The zero-order chi connectivity index (χ0) is 26.5. The smallest absolute Gasteiger partial charge is 0.257 e. The number of hydrogen-bond donors (Lipinski definition) is 4. The number of aromatic nitrogens is 1. The molecule has 1 saturated heterocycles. The van der Waals surface area contributed by atoms with Crippen molar-refractivity contribution in [1.29, 1.82) is 0 Å². The second-order valence-corrected chi connectivity index (χ2v) is 12.8. The summed E-state index contributed by atoms with van der Waals surface area (Å²) in [6, 6.07) is 12.7. The zero-order valence-corrected chi connectivity index (χ0v) is 22.1. The number of nitrogens with one attached hydrogen (secondary N) is 2. The summed E-state index contributed by atoms with van der Waals surface area (Å²) in [5.74, 6) is -0.661. The van der Waals surface area contributed by atoms with Crippen molar-refractivity contribution in [1.82, 2.24) is 4.57 Å². The van der Waals surface area contributed by atoms with Crippen molar-refractivity contribution in [3.8, 4) is 0 Å². The number of anilines is 3. The number of amides is 1. The second-order valence-electron chi connectivity index (χ2n) is 10.9. The van der Waals surface area contributed by atoms with Crippen molar-refractivity contribution >= 4 is 43.9 Å². The molecule has 10 heteroatoms. The molecular formula is C28H34N4O5S. The number of aliphatic hydroxyl groups excluding tert-OH is 2. The number of fused-ring (bicyclic) bond motifs is 3. The monoisotopic (exact) mass is 538 g/mol. The molecule has 6 rings (SSSR count). The van der Waals surface area contributed by atoms with Gasteiger partial charge in [-0.25, -0.2) is 8.42 Å². The van der Waals surface area contributed by atoms with Crippen LogP contribution in [0.4, 0.5) is 17.1 Å². The van der Waals surface area contributed by atoms with Gasteiger partial charge in [0.05, 0.1) is 46.6 Å². The highest BCUT2D eigenvalue weighted by Crippen LogP contribution is 2.54. The number of aryl methyl sites for hydroxylation is 1. The molecular weight excluding hydrogens is 504 g/mol. The maximum Gasteiger partial charge on any atom is 0.257 e. The topological polar surface area (TPSA) is 124 Å². The van der Waals surface area contributed by atoms with Gasteiger partial charge in [0.2, 0.25) is 10.0 Å². The van der Waals surface area contributed by atoms with Crippen molar-refractivity contribution < 1.29 is 23.4 Å². The molecule has 1 amide bonds. The van der Waals surface area contributed by atoms with Crippen LogP contribution < -0.4 is 14.9 Å². The van der Waals surface area contributed by atoms with E-state index in [2.05, 4.69) is 19.5 Å². The van der Waals surface area contributed by atoms with Crippen LogP contribution in [0, 0.1) is 5.41 Å². The number of piperidine rings is 1. The molecule has 1 aromatic heterocycles. The molecule has 9 nitrogen and oxygen atoms in total. The first-order valence-electron chi connectivity index (χ1n) is 13.4. The maximum absolute atomic E-state index is 13.7. The van der Waals surface area contributed by atoms with Crippen molar-refractivity contribution in [2.45, 2.75) is 51.2 Å². The zero-order valence-electron chi connectivity index (χ0n) is 21.3. The van der Waals surface area contributed by atoms with Crippen LogP contribution in [0.1, 0.15) is 60.7 Å². The van der Waals surface area contributed by atoms with Crippen LogP contribution in [-0.4, -0.2) is 54.6 Å². The normalized spacial score (nSPS) is 20.4. The van der Waals surface area contributed by atoms with Gasteiger partial charge in [0.15, 0.2) is 0 Å². The maximum atomic E-state index is 13.7. The number of rotatable bonds is 7. The number of carbonyl (C=O) groups excluding carboxylic acids is 1. The van der Waals surface area contributed by atoms with Crippen LogP contribution in [0.3, 0.4) is 0 Å². The Hall–Kier alpha value is -3.08. The van der Waals surface area contributed by atoms with Crippen molar-refractivity contribution in [2.24, 2.45) is 5.41 Å². The summed E-state index contributed by atoms with van der Waals surface area (Å²) in [5.41, 5.74) is 4.52. The number of hydrogen-bond acceptors (Lipinski definition) is 6. The average molecular weight is 539 g/mol. The van der Waals surface area contributed by atoms with E-state index in [4.69, 9.17) is 5.11 Å². The second kappa shape index (κ2) is 9.59. The third kappa shape index (κ3) is 4.76. The highest BCUT2D eigenvalue weighted by Gasteiger charge is 2.44.